The lowest BCUT2D eigenvalue weighted by Crippen LogP contribution is -1.88. The van der Waals surface area contributed by atoms with Crippen molar-refractivity contribution in [3.63, 3.8) is 0 Å². The quantitative estimate of drug-likeness (QED) is 0.667. The van der Waals surface area contributed by atoms with Crippen LogP contribution in [-0.4, -0.2) is 5.78 Å². The zero-order chi connectivity index (χ0) is 9.84. The van der Waals surface area contributed by atoms with E-state index >= 15 is 0 Å². The summed E-state index contributed by atoms with van der Waals surface area (Å²) in [5, 5.41) is 0.584. The number of rotatable bonds is 2. The summed E-state index contributed by atoms with van der Waals surface area (Å²) < 4.78 is 12.8. The molecule has 0 aliphatic rings. The van der Waals surface area contributed by atoms with Gasteiger partial charge in [-0.25, -0.2) is 4.39 Å². The van der Waals surface area contributed by atoms with Crippen molar-refractivity contribution in [1.29, 1.82) is 0 Å². The number of allylic oxidation sites excluding steroid dienone is 1. The Labute approximate surface area is 80.8 Å². The molecule has 1 aromatic carbocycles. The second-order valence-corrected chi connectivity index (χ2v) is 3.04. The molecule has 0 amide bonds. The Bertz CT molecular complexity index is 340. The van der Waals surface area contributed by atoms with Crippen molar-refractivity contribution in [2.24, 2.45) is 0 Å². The molecule has 0 atom stereocenters. The van der Waals surface area contributed by atoms with Crippen LogP contribution in [0.4, 0.5) is 4.39 Å². The Kier molecular flexibility index (Phi) is 3.20. The highest BCUT2D eigenvalue weighted by Gasteiger charge is 2.00. The van der Waals surface area contributed by atoms with Crippen LogP contribution in [0.15, 0.2) is 30.1 Å². The molecule has 0 spiro atoms. The summed E-state index contributed by atoms with van der Waals surface area (Å²) in [4.78, 5) is 10.5. The van der Waals surface area contributed by atoms with Crippen LogP contribution in [-0.2, 0) is 4.79 Å². The monoisotopic (exact) mass is 198 g/mol. The smallest absolute Gasteiger partial charge is 0.188 e. The third-order valence-corrected chi connectivity index (χ3v) is 1.75. The van der Waals surface area contributed by atoms with Gasteiger partial charge in [0, 0.05) is 11.9 Å². The molecule has 13 heavy (non-hydrogen) atoms. The van der Waals surface area contributed by atoms with Crippen LogP contribution < -0.4 is 0 Å². The minimum Gasteiger partial charge on any atom is -0.292 e. The molecule has 0 heterocycles. The van der Waals surface area contributed by atoms with E-state index in [4.69, 9.17) is 11.6 Å². The zero-order valence-corrected chi connectivity index (χ0v) is 7.81. The molecule has 0 N–H and O–H groups in total. The first-order chi connectivity index (χ1) is 6.09. The van der Waals surface area contributed by atoms with Gasteiger partial charge in [-0.3, -0.25) is 4.79 Å². The second kappa shape index (κ2) is 4.19. The lowest BCUT2D eigenvalue weighted by molar-refractivity contribution is -0.114. The molecule has 0 fully saturated rings. The fourth-order valence-electron chi connectivity index (χ4n) is 0.807. The molecule has 0 radical (unpaired) electrons. The maximum absolute atomic E-state index is 12.8. The van der Waals surface area contributed by atoms with E-state index in [-0.39, 0.29) is 0 Å². The van der Waals surface area contributed by atoms with Gasteiger partial charge in [0.05, 0.1) is 0 Å². The average molecular weight is 199 g/mol. The summed E-state index contributed by atoms with van der Waals surface area (Å²) in [5.41, 5.74) is 0.622. The topological polar surface area (TPSA) is 17.1 Å². The first-order valence-corrected chi connectivity index (χ1v) is 4.11. The van der Waals surface area contributed by atoms with Gasteiger partial charge >= 0.3 is 0 Å². The summed E-state index contributed by atoms with van der Waals surface area (Å²) in [7, 11) is 0. The highest BCUT2D eigenvalue weighted by molar-refractivity contribution is 6.30. The summed E-state index contributed by atoms with van der Waals surface area (Å²) >= 11 is 5.63. The summed E-state index contributed by atoms with van der Waals surface area (Å²) in [6.45, 7) is 1.18. The summed E-state index contributed by atoms with van der Waals surface area (Å²) in [5.74, 6) is -1.32. The van der Waals surface area contributed by atoms with Crippen molar-refractivity contribution in [2.75, 3.05) is 0 Å². The van der Waals surface area contributed by atoms with Gasteiger partial charge in [0.2, 0.25) is 0 Å². The molecule has 3 heteroatoms. The van der Waals surface area contributed by atoms with Crippen LogP contribution in [0.5, 0.6) is 0 Å². The number of carbonyl (C=O) groups is 1. The molecule has 0 saturated carbocycles. The maximum Gasteiger partial charge on any atom is 0.188 e. The Morgan fingerprint density at radius 2 is 1.92 bits per heavy atom. The first-order valence-electron chi connectivity index (χ1n) is 3.73. The fourth-order valence-corrected chi connectivity index (χ4v) is 0.933. The van der Waals surface area contributed by atoms with E-state index in [1.54, 1.807) is 24.3 Å². The molecular formula is C10H8ClFO. The van der Waals surface area contributed by atoms with Crippen LogP contribution in [0.3, 0.4) is 0 Å². The average Bonchev–Trinajstić information content (AvgIpc) is 2.08. The van der Waals surface area contributed by atoms with Gasteiger partial charge in [0.25, 0.3) is 0 Å². The molecule has 0 aliphatic carbocycles. The number of hydrogen-bond donors (Lipinski definition) is 0. The van der Waals surface area contributed by atoms with E-state index in [0.29, 0.717) is 10.6 Å². The molecular weight excluding hydrogens is 191 g/mol. The molecule has 0 aromatic heterocycles. The molecule has 0 bridgehead atoms. The third-order valence-electron chi connectivity index (χ3n) is 1.50. The summed E-state index contributed by atoms with van der Waals surface area (Å²) in [6, 6.07) is 6.57. The van der Waals surface area contributed by atoms with Gasteiger partial charge < -0.3 is 0 Å². The highest BCUT2D eigenvalue weighted by Crippen LogP contribution is 2.13. The van der Waals surface area contributed by atoms with Crippen molar-refractivity contribution in [1.82, 2.24) is 0 Å². The van der Waals surface area contributed by atoms with E-state index in [1.165, 1.54) is 13.0 Å². The van der Waals surface area contributed by atoms with Crippen molar-refractivity contribution in [2.45, 2.75) is 6.92 Å². The standard InChI is InChI=1S/C10H8ClFO/c1-7(13)10(12)6-8-2-4-9(11)5-3-8/h2-6H,1H3/b10-6-. The van der Waals surface area contributed by atoms with Crippen LogP contribution in [0.25, 0.3) is 6.08 Å². The van der Waals surface area contributed by atoms with E-state index in [9.17, 15) is 9.18 Å². The largest absolute Gasteiger partial charge is 0.292 e. The third kappa shape index (κ3) is 2.99. The molecule has 0 unspecified atom stereocenters. The van der Waals surface area contributed by atoms with Crippen LogP contribution in [0.1, 0.15) is 12.5 Å². The predicted molar refractivity (Wildman–Crippen MR) is 51.2 cm³/mol. The second-order valence-electron chi connectivity index (χ2n) is 2.60. The first kappa shape index (κ1) is 9.93. The maximum atomic E-state index is 12.8. The van der Waals surface area contributed by atoms with E-state index in [2.05, 4.69) is 0 Å². The highest BCUT2D eigenvalue weighted by atomic mass is 35.5. The minimum absolute atomic E-state index is 0.574. The van der Waals surface area contributed by atoms with Gasteiger partial charge in [0.15, 0.2) is 11.6 Å². The number of carbonyl (C=O) groups excluding carboxylic acids is 1. The Morgan fingerprint density at radius 3 is 2.38 bits per heavy atom. The normalized spacial score (nSPS) is 11.5. The SMILES string of the molecule is CC(=O)/C(F)=C/c1ccc(Cl)cc1. The van der Waals surface area contributed by atoms with Gasteiger partial charge in [-0.15, -0.1) is 0 Å². The molecule has 0 saturated heterocycles. The Hall–Kier alpha value is -1.15. The van der Waals surface area contributed by atoms with E-state index < -0.39 is 11.6 Å². The Morgan fingerprint density at radius 1 is 1.38 bits per heavy atom. The molecule has 1 aromatic rings. The molecule has 68 valence electrons. The molecule has 1 nitrogen and oxygen atoms in total. The fraction of sp³-hybridized carbons (Fsp3) is 0.100. The minimum atomic E-state index is -0.748. The number of halogens is 2. The van der Waals surface area contributed by atoms with Crippen molar-refractivity contribution in [3.8, 4) is 0 Å². The van der Waals surface area contributed by atoms with Crippen LogP contribution in [0, 0.1) is 0 Å². The summed E-state index contributed by atoms with van der Waals surface area (Å²) in [6.07, 6.45) is 1.18. The van der Waals surface area contributed by atoms with Gasteiger partial charge in [-0.05, 0) is 23.8 Å². The van der Waals surface area contributed by atoms with Gasteiger partial charge in [-0.2, -0.15) is 0 Å². The van der Waals surface area contributed by atoms with E-state index in [1.807, 2.05) is 0 Å². The van der Waals surface area contributed by atoms with Crippen molar-refractivity contribution in [3.05, 3.63) is 40.7 Å². The number of benzene rings is 1. The zero-order valence-electron chi connectivity index (χ0n) is 7.05. The lowest BCUT2D eigenvalue weighted by atomic mass is 10.2. The van der Waals surface area contributed by atoms with Gasteiger partial charge in [-0.1, -0.05) is 23.7 Å². The Balaban J connectivity index is 2.92. The number of Topliss-reactive ketones (excluding diaryl/α,β-unsaturated/α-hetero) is 1. The van der Waals surface area contributed by atoms with Crippen LogP contribution >= 0.6 is 11.6 Å². The van der Waals surface area contributed by atoms with Crippen LogP contribution in [0.2, 0.25) is 5.02 Å². The van der Waals surface area contributed by atoms with E-state index in [0.717, 1.165) is 0 Å². The predicted octanol–water partition coefficient (Wildman–Crippen LogP) is 3.24. The lowest BCUT2D eigenvalue weighted by Gasteiger charge is -1.93. The van der Waals surface area contributed by atoms with Crippen molar-refractivity contribution >= 4 is 23.5 Å². The number of ketones is 1. The van der Waals surface area contributed by atoms with Gasteiger partial charge in [0.1, 0.15) is 0 Å². The molecule has 0 aliphatic heterocycles. The van der Waals surface area contributed by atoms with Crippen molar-refractivity contribution < 1.29 is 9.18 Å². The molecule has 1 rings (SSSR count). The number of hydrogen-bond acceptors (Lipinski definition) is 1.